The summed E-state index contributed by atoms with van der Waals surface area (Å²) in [4.78, 5) is 27.9. The fraction of sp³-hybridized carbons (Fsp3) is 0.867. The van der Waals surface area contributed by atoms with Gasteiger partial charge in [0.2, 0.25) is 5.91 Å². The van der Waals surface area contributed by atoms with E-state index < -0.39 is 0 Å². The number of likely N-dealkylation sites (tertiary alicyclic amines) is 1. The van der Waals surface area contributed by atoms with Gasteiger partial charge in [-0.2, -0.15) is 0 Å². The molecule has 6 heteroatoms. The first-order valence-corrected chi connectivity index (χ1v) is 7.79. The normalized spacial score (nSPS) is 26.1. The van der Waals surface area contributed by atoms with E-state index in [2.05, 4.69) is 5.32 Å². The van der Waals surface area contributed by atoms with Crippen molar-refractivity contribution in [2.45, 2.75) is 37.6 Å². The van der Waals surface area contributed by atoms with Crippen molar-refractivity contribution in [1.82, 2.24) is 15.1 Å². The van der Waals surface area contributed by atoms with Gasteiger partial charge in [-0.15, -0.1) is 0 Å². The first-order chi connectivity index (χ1) is 10.0. The van der Waals surface area contributed by atoms with Crippen LogP contribution in [0.3, 0.4) is 0 Å². The minimum absolute atomic E-state index is 0.00630. The zero-order chi connectivity index (χ0) is 15.1. The number of amides is 3. The van der Waals surface area contributed by atoms with Crippen molar-refractivity contribution < 1.29 is 14.3 Å². The minimum Gasteiger partial charge on any atom is -0.384 e. The lowest BCUT2D eigenvalue weighted by molar-refractivity contribution is -0.135. The molecule has 1 N–H and O–H groups in total. The molecular weight excluding hydrogens is 270 g/mol. The van der Waals surface area contributed by atoms with Crippen LogP contribution in [0.4, 0.5) is 4.79 Å². The van der Waals surface area contributed by atoms with Crippen LogP contribution < -0.4 is 5.32 Å². The number of piperidine rings is 1. The van der Waals surface area contributed by atoms with E-state index in [1.54, 1.807) is 7.11 Å². The van der Waals surface area contributed by atoms with Crippen LogP contribution in [0.1, 0.15) is 32.1 Å². The van der Waals surface area contributed by atoms with Crippen LogP contribution in [0.15, 0.2) is 0 Å². The average molecular weight is 295 g/mol. The van der Waals surface area contributed by atoms with Crippen LogP contribution in [0.25, 0.3) is 0 Å². The van der Waals surface area contributed by atoms with E-state index in [1.165, 1.54) is 0 Å². The van der Waals surface area contributed by atoms with Crippen LogP contribution in [-0.2, 0) is 9.53 Å². The predicted octanol–water partition coefficient (Wildman–Crippen LogP) is 0.819. The zero-order valence-electron chi connectivity index (χ0n) is 13.0. The van der Waals surface area contributed by atoms with E-state index in [1.807, 2.05) is 16.8 Å². The molecule has 6 nitrogen and oxygen atoms in total. The minimum atomic E-state index is -0.0857. The Hall–Kier alpha value is -1.30. The third-order valence-corrected chi connectivity index (χ3v) is 5.57. The third-order valence-electron chi connectivity index (χ3n) is 5.57. The number of carbonyl (C=O) groups is 2. The molecule has 0 radical (unpaired) electrons. The van der Waals surface area contributed by atoms with Gasteiger partial charge in [-0.05, 0) is 25.7 Å². The van der Waals surface area contributed by atoms with Gasteiger partial charge < -0.3 is 19.9 Å². The number of hydrogen-bond acceptors (Lipinski definition) is 3. The van der Waals surface area contributed by atoms with Gasteiger partial charge in [0.25, 0.3) is 0 Å². The maximum Gasteiger partial charge on any atom is 0.317 e. The quantitative estimate of drug-likeness (QED) is 0.835. The van der Waals surface area contributed by atoms with Crippen molar-refractivity contribution in [3.63, 3.8) is 0 Å². The zero-order valence-corrected chi connectivity index (χ0v) is 13.0. The molecule has 0 atom stereocenters. The molecule has 1 spiro atoms. The second-order valence-corrected chi connectivity index (χ2v) is 6.93. The number of rotatable bonds is 4. The topological polar surface area (TPSA) is 61.9 Å². The maximum absolute atomic E-state index is 12.5. The van der Waals surface area contributed by atoms with Gasteiger partial charge >= 0.3 is 6.03 Å². The molecule has 3 fully saturated rings. The molecule has 3 rings (SSSR count). The summed E-state index contributed by atoms with van der Waals surface area (Å²) >= 11 is 0. The molecule has 2 aliphatic heterocycles. The molecular formula is C15H25N3O3. The van der Waals surface area contributed by atoms with E-state index in [4.69, 9.17) is 4.74 Å². The molecule has 3 aliphatic rings. The predicted molar refractivity (Wildman–Crippen MR) is 77.9 cm³/mol. The monoisotopic (exact) mass is 295 g/mol. The van der Waals surface area contributed by atoms with Gasteiger partial charge in [0.15, 0.2) is 0 Å². The Kier molecular flexibility index (Phi) is 3.59. The summed E-state index contributed by atoms with van der Waals surface area (Å²) in [5.41, 5.74) is 0.0281. The first-order valence-electron chi connectivity index (χ1n) is 7.79. The van der Waals surface area contributed by atoms with Gasteiger partial charge in [0.1, 0.15) is 0 Å². The number of carbonyl (C=O) groups excluding carboxylic acids is 2. The fourth-order valence-electron chi connectivity index (χ4n) is 3.66. The molecule has 1 aliphatic carbocycles. The van der Waals surface area contributed by atoms with E-state index >= 15 is 0 Å². The van der Waals surface area contributed by atoms with Crippen LogP contribution >= 0.6 is 0 Å². The van der Waals surface area contributed by atoms with Crippen LogP contribution in [0, 0.1) is 5.41 Å². The number of likely N-dealkylation sites (N-methyl/N-ethyl adjacent to an activating group) is 1. The van der Waals surface area contributed by atoms with Crippen molar-refractivity contribution in [3.05, 3.63) is 0 Å². The standard InChI is InChI=1S/C15H25N3O3/c1-17-13(20)16-10-15(17)5-7-18(8-6-15)12(19)9-14(3-4-14)11-21-2/h3-11H2,1-2H3,(H,16,20). The summed E-state index contributed by atoms with van der Waals surface area (Å²) in [7, 11) is 3.56. The highest BCUT2D eigenvalue weighted by atomic mass is 16.5. The third kappa shape index (κ3) is 2.61. The van der Waals surface area contributed by atoms with Gasteiger partial charge in [-0.1, -0.05) is 0 Å². The lowest BCUT2D eigenvalue weighted by Crippen LogP contribution is -2.54. The molecule has 118 valence electrons. The Balaban J connectivity index is 1.54. The SMILES string of the molecule is COCC1(CC(=O)N2CCC3(CC2)CNC(=O)N3C)CC1. The van der Waals surface area contributed by atoms with Gasteiger partial charge in [-0.3, -0.25) is 4.79 Å². The molecule has 2 saturated heterocycles. The fourth-order valence-corrected chi connectivity index (χ4v) is 3.66. The molecule has 2 heterocycles. The lowest BCUT2D eigenvalue weighted by Gasteiger charge is -2.42. The van der Waals surface area contributed by atoms with Crippen molar-refractivity contribution in [1.29, 1.82) is 0 Å². The summed E-state index contributed by atoms with van der Waals surface area (Å²) in [5.74, 6) is 0.249. The van der Waals surface area contributed by atoms with E-state index in [0.29, 0.717) is 19.6 Å². The van der Waals surface area contributed by atoms with Crippen LogP contribution in [-0.4, -0.2) is 67.7 Å². The lowest BCUT2D eigenvalue weighted by atomic mass is 9.87. The number of ether oxygens (including phenoxy) is 1. The highest BCUT2D eigenvalue weighted by molar-refractivity contribution is 5.79. The first kappa shape index (κ1) is 14.6. The highest BCUT2D eigenvalue weighted by Gasteiger charge is 2.48. The summed E-state index contributed by atoms with van der Waals surface area (Å²) in [6.07, 6.45) is 4.55. The summed E-state index contributed by atoms with van der Waals surface area (Å²) in [6, 6.07) is 0.00630. The summed E-state index contributed by atoms with van der Waals surface area (Å²) in [6.45, 7) is 2.90. The Morgan fingerprint density at radius 2 is 1.95 bits per heavy atom. The number of methoxy groups -OCH3 is 1. The molecule has 0 aromatic carbocycles. The maximum atomic E-state index is 12.5. The largest absolute Gasteiger partial charge is 0.384 e. The highest BCUT2D eigenvalue weighted by Crippen LogP contribution is 2.49. The number of hydrogen-bond donors (Lipinski definition) is 1. The summed E-state index contributed by atoms with van der Waals surface area (Å²) < 4.78 is 5.24. The Morgan fingerprint density at radius 1 is 1.29 bits per heavy atom. The Morgan fingerprint density at radius 3 is 2.43 bits per heavy atom. The smallest absolute Gasteiger partial charge is 0.317 e. The second-order valence-electron chi connectivity index (χ2n) is 6.93. The van der Waals surface area contributed by atoms with E-state index in [9.17, 15) is 9.59 Å². The number of urea groups is 1. The van der Waals surface area contributed by atoms with Crippen molar-refractivity contribution >= 4 is 11.9 Å². The molecule has 0 aromatic heterocycles. The molecule has 0 bridgehead atoms. The van der Waals surface area contributed by atoms with E-state index in [0.717, 1.165) is 38.8 Å². The number of nitrogens with zero attached hydrogens (tertiary/aromatic N) is 2. The van der Waals surface area contributed by atoms with Gasteiger partial charge in [0.05, 0.1) is 12.1 Å². The molecule has 3 amide bonds. The van der Waals surface area contributed by atoms with Crippen LogP contribution in [0.2, 0.25) is 0 Å². The van der Waals surface area contributed by atoms with Gasteiger partial charge in [0, 0.05) is 45.6 Å². The van der Waals surface area contributed by atoms with Crippen LogP contribution in [0.5, 0.6) is 0 Å². The average Bonchev–Trinajstić information content (AvgIpc) is 3.18. The molecule has 21 heavy (non-hydrogen) atoms. The molecule has 1 saturated carbocycles. The van der Waals surface area contributed by atoms with E-state index in [-0.39, 0.29) is 22.9 Å². The summed E-state index contributed by atoms with van der Waals surface area (Å²) in [5, 5.41) is 2.91. The number of nitrogens with one attached hydrogen (secondary N) is 1. The van der Waals surface area contributed by atoms with Gasteiger partial charge in [-0.25, -0.2) is 4.79 Å². The second kappa shape index (κ2) is 5.16. The Labute approximate surface area is 125 Å². The molecule has 0 aromatic rings. The van der Waals surface area contributed by atoms with Crippen molar-refractivity contribution in [3.8, 4) is 0 Å². The Bertz CT molecular complexity index is 439. The van der Waals surface area contributed by atoms with Crippen molar-refractivity contribution in [2.75, 3.05) is 40.4 Å². The van der Waals surface area contributed by atoms with Crippen molar-refractivity contribution in [2.24, 2.45) is 5.41 Å². The molecule has 0 unspecified atom stereocenters.